The second-order valence-corrected chi connectivity index (χ2v) is 8.54. The van der Waals surface area contributed by atoms with Gasteiger partial charge in [0.1, 0.15) is 17.2 Å². The molecule has 38 heavy (non-hydrogen) atoms. The number of aliphatic imine (C=N–C) groups is 1. The molecule has 1 aromatic carbocycles. The minimum atomic E-state index is -3.00. The van der Waals surface area contributed by atoms with Crippen molar-refractivity contribution in [2.75, 3.05) is 0 Å². The maximum atomic E-state index is 14.3. The van der Waals surface area contributed by atoms with E-state index in [1.807, 2.05) is 18.2 Å². The number of allylic oxidation sites excluding steroid dienone is 4. The fraction of sp³-hybridized carbons (Fsp3) is 0.167. The van der Waals surface area contributed by atoms with Crippen LogP contribution in [0.15, 0.2) is 101 Å². The topological polar surface area (TPSA) is 73.3 Å². The molecule has 0 radical (unpaired) electrons. The van der Waals surface area contributed by atoms with Crippen LogP contribution >= 0.6 is 0 Å². The van der Waals surface area contributed by atoms with Crippen LogP contribution in [-0.2, 0) is 12.1 Å². The summed E-state index contributed by atoms with van der Waals surface area (Å²) < 4.78 is 43.4. The number of hydrogen-bond acceptors (Lipinski definition) is 4. The molecule has 0 bridgehead atoms. The predicted molar refractivity (Wildman–Crippen MR) is 143 cm³/mol. The minimum absolute atomic E-state index is 0.154. The molecule has 8 heteroatoms. The SMILES string of the molecule is CC#Cc1cncc(-c2cccc(C3(c4cc(C(F)F)c(=O)n(CC)c4)C=CC=CC(F)=CC(N)=N3)c2)c1. The van der Waals surface area contributed by atoms with Crippen molar-refractivity contribution in [3.05, 3.63) is 124 Å². The van der Waals surface area contributed by atoms with Crippen molar-refractivity contribution in [3.8, 4) is 23.0 Å². The van der Waals surface area contributed by atoms with E-state index in [0.29, 0.717) is 5.56 Å². The fourth-order valence-corrected chi connectivity index (χ4v) is 4.30. The number of aromatic nitrogens is 2. The van der Waals surface area contributed by atoms with Crippen molar-refractivity contribution in [2.24, 2.45) is 10.7 Å². The number of nitrogens with zero attached hydrogens (tertiary/aromatic N) is 3. The Morgan fingerprint density at radius 3 is 2.66 bits per heavy atom. The van der Waals surface area contributed by atoms with Gasteiger partial charge in [-0.3, -0.25) is 9.78 Å². The lowest BCUT2D eigenvalue weighted by atomic mass is 9.81. The van der Waals surface area contributed by atoms with Gasteiger partial charge in [0.05, 0.1) is 5.56 Å². The lowest BCUT2D eigenvalue weighted by Crippen LogP contribution is -2.31. The molecule has 0 saturated heterocycles. The third-order valence-corrected chi connectivity index (χ3v) is 6.07. The molecule has 1 atom stereocenters. The van der Waals surface area contributed by atoms with E-state index in [1.54, 1.807) is 50.5 Å². The highest BCUT2D eigenvalue weighted by atomic mass is 19.3. The van der Waals surface area contributed by atoms with Crippen LogP contribution in [0.3, 0.4) is 0 Å². The van der Waals surface area contributed by atoms with Crippen molar-refractivity contribution in [2.45, 2.75) is 32.4 Å². The van der Waals surface area contributed by atoms with Crippen LogP contribution in [0, 0.1) is 11.8 Å². The van der Waals surface area contributed by atoms with E-state index in [4.69, 9.17) is 5.73 Å². The molecule has 3 aromatic rings. The van der Waals surface area contributed by atoms with E-state index in [9.17, 15) is 18.0 Å². The third kappa shape index (κ3) is 5.37. The zero-order valence-electron chi connectivity index (χ0n) is 20.8. The summed E-state index contributed by atoms with van der Waals surface area (Å²) in [4.78, 5) is 21.6. The van der Waals surface area contributed by atoms with Crippen molar-refractivity contribution < 1.29 is 13.2 Å². The lowest BCUT2D eigenvalue weighted by Gasteiger charge is -2.30. The van der Waals surface area contributed by atoms with Gasteiger partial charge in [0.25, 0.3) is 12.0 Å². The summed E-state index contributed by atoms with van der Waals surface area (Å²) in [6.45, 7) is 3.58. The molecule has 0 aliphatic carbocycles. The van der Waals surface area contributed by atoms with E-state index in [-0.39, 0.29) is 17.9 Å². The first-order chi connectivity index (χ1) is 18.3. The van der Waals surface area contributed by atoms with Crippen molar-refractivity contribution in [1.82, 2.24) is 9.55 Å². The molecule has 2 N–H and O–H groups in total. The summed E-state index contributed by atoms with van der Waals surface area (Å²) in [5.74, 6) is 5.06. The molecular weight excluding hydrogens is 489 g/mol. The van der Waals surface area contributed by atoms with Gasteiger partial charge in [0.2, 0.25) is 0 Å². The zero-order valence-corrected chi connectivity index (χ0v) is 20.8. The van der Waals surface area contributed by atoms with E-state index in [1.165, 1.54) is 22.9 Å². The number of pyridine rings is 2. The molecule has 5 nitrogen and oxygen atoms in total. The molecule has 2 aromatic heterocycles. The Labute approximate surface area is 218 Å². The largest absolute Gasteiger partial charge is 0.384 e. The zero-order chi connectivity index (χ0) is 27.3. The normalized spacial score (nSPS) is 17.1. The first kappa shape index (κ1) is 26.4. The van der Waals surface area contributed by atoms with E-state index < -0.39 is 28.9 Å². The minimum Gasteiger partial charge on any atom is -0.384 e. The molecule has 192 valence electrons. The number of aryl methyl sites for hydroxylation is 1. The van der Waals surface area contributed by atoms with Gasteiger partial charge in [-0.1, -0.05) is 36.3 Å². The van der Waals surface area contributed by atoms with Gasteiger partial charge in [0, 0.05) is 47.9 Å². The second kappa shape index (κ2) is 11.2. The summed E-state index contributed by atoms with van der Waals surface area (Å²) in [5.41, 5.74) is 6.35. The second-order valence-electron chi connectivity index (χ2n) is 8.54. The first-order valence-corrected chi connectivity index (χ1v) is 11.9. The third-order valence-electron chi connectivity index (χ3n) is 6.07. The highest BCUT2D eigenvalue weighted by molar-refractivity contribution is 5.93. The maximum absolute atomic E-state index is 14.3. The summed E-state index contributed by atoms with van der Waals surface area (Å²) in [6.07, 6.45) is 8.80. The monoisotopic (exact) mass is 514 g/mol. The molecule has 0 fully saturated rings. The summed E-state index contributed by atoms with van der Waals surface area (Å²) in [7, 11) is 0. The number of benzene rings is 1. The Morgan fingerprint density at radius 1 is 1.11 bits per heavy atom. The number of halogens is 3. The number of alkyl halides is 2. The molecule has 0 saturated carbocycles. The summed E-state index contributed by atoms with van der Waals surface area (Å²) in [5, 5.41) is 0. The van der Waals surface area contributed by atoms with Crippen molar-refractivity contribution in [1.29, 1.82) is 0 Å². The summed E-state index contributed by atoms with van der Waals surface area (Å²) in [6, 6.07) is 10.3. The van der Waals surface area contributed by atoms with Gasteiger partial charge < -0.3 is 10.3 Å². The van der Waals surface area contributed by atoms with E-state index >= 15 is 0 Å². The van der Waals surface area contributed by atoms with Gasteiger partial charge in [-0.05, 0) is 55.3 Å². The Hall–Kier alpha value is -4.64. The molecule has 4 rings (SSSR count). The van der Waals surface area contributed by atoms with E-state index in [2.05, 4.69) is 21.8 Å². The van der Waals surface area contributed by atoms with Crippen LogP contribution in [0.4, 0.5) is 13.2 Å². The smallest absolute Gasteiger partial charge is 0.269 e. The van der Waals surface area contributed by atoms with Crippen LogP contribution in [0.1, 0.15) is 42.5 Å². The maximum Gasteiger partial charge on any atom is 0.269 e. The highest BCUT2D eigenvalue weighted by Gasteiger charge is 2.34. The van der Waals surface area contributed by atoms with Gasteiger partial charge in [0.15, 0.2) is 0 Å². The Morgan fingerprint density at radius 2 is 1.92 bits per heavy atom. The lowest BCUT2D eigenvalue weighted by molar-refractivity contribution is 0.148. The average molecular weight is 515 g/mol. The summed E-state index contributed by atoms with van der Waals surface area (Å²) >= 11 is 0. The molecule has 1 aliphatic rings. The van der Waals surface area contributed by atoms with Gasteiger partial charge in [-0.25, -0.2) is 18.2 Å². The van der Waals surface area contributed by atoms with Crippen LogP contribution in [-0.4, -0.2) is 15.4 Å². The molecule has 3 heterocycles. The fourth-order valence-electron chi connectivity index (χ4n) is 4.30. The van der Waals surface area contributed by atoms with Crippen LogP contribution in [0.25, 0.3) is 11.1 Å². The van der Waals surface area contributed by atoms with E-state index in [0.717, 1.165) is 28.8 Å². The molecular formula is C30H25F3N4O. The number of hydrogen-bond donors (Lipinski definition) is 1. The first-order valence-electron chi connectivity index (χ1n) is 11.9. The molecule has 1 aliphatic heterocycles. The highest BCUT2D eigenvalue weighted by Crippen LogP contribution is 2.39. The number of nitrogens with two attached hydrogens (primary N) is 1. The van der Waals surface area contributed by atoms with Crippen LogP contribution < -0.4 is 11.3 Å². The molecule has 1 unspecified atom stereocenters. The Balaban J connectivity index is 2.05. The van der Waals surface area contributed by atoms with Gasteiger partial charge >= 0.3 is 0 Å². The number of amidine groups is 1. The number of rotatable bonds is 5. The van der Waals surface area contributed by atoms with Crippen molar-refractivity contribution in [3.63, 3.8) is 0 Å². The average Bonchev–Trinajstić information content (AvgIpc) is 2.97. The van der Waals surface area contributed by atoms with Crippen LogP contribution in [0.5, 0.6) is 0 Å². The van der Waals surface area contributed by atoms with Crippen molar-refractivity contribution >= 4 is 5.84 Å². The Kier molecular flexibility index (Phi) is 7.77. The van der Waals surface area contributed by atoms with Gasteiger partial charge in [-0.15, -0.1) is 5.92 Å². The quantitative estimate of drug-likeness (QED) is 0.436. The molecule has 0 amide bonds. The predicted octanol–water partition coefficient (Wildman–Crippen LogP) is 5.82. The van der Waals surface area contributed by atoms with Gasteiger partial charge in [-0.2, -0.15) is 0 Å². The van der Waals surface area contributed by atoms with Crippen LogP contribution in [0.2, 0.25) is 0 Å². The Bertz CT molecular complexity index is 1610. The standard InChI is InChI=1S/C30H25F3N4O/c1-3-8-20-13-22(18-35-17-20)21-9-7-10-23(14-21)30(12-6-5-11-25(31)16-27(34)36-30)24-15-26(28(32)33)29(38)37(4-2)19-24/h5-7,9-19,28H,4H2,1-2H3,(H2,34,36). The molecule has 0 spiro atoms.